The fourth-order valence-corrected chi connectivity index (χ4v) is 4.26. The van der Waals surface area contributed by atoms with Crippen molar-refractivity contribution in [2.75, 3.05) is 12.3 Å². The van der Waals surface area contributed by atoms with Gasteiger partial charge in [0, 0.05) is 11.4 Å². The summed E-state index contributed by atoms with van der Waals surface area (Å²) in [5.41, 5.74) is 0.950. The molecule has 0 saturated heterocycles. The highest BCUT2D eigenvalue weighted by Crippen LogP contribution is 2.30. The normalized spacial score (nSPS) is 11.0. The fourth-order valence-electron chi connectivity index (χ4n) is 2.49. The molecule has 0 fully saturated rings. The maximum atomic E-state index is 12.3. The molecule has 2 aromatic heterocycles. The van der Waals surface area contributed by atoms with Crippen LogP contribution in [-0.4, -0.2) is 28.2 Å². The second kappa shape index (κ2) is 9.00. The first-order valence-corrected chi connectivity index (χ1v) is 10.6. The third-order valence-electron chi connectivity index (χ3n) is 3.83. The van der Waals surface area contributed by atoms with Gasteiger partial charge in [-0.15, -0.1) is 23.1 Å². The molecule has 2 N–H and O–H groups in total. The van der Waals surface area contributed by atoms with E-state index in [2.05, 4.69) is 22.2 Å². The van der Waals surface area contributed by atoms with Crippen LogP contribution < -0.4 is 10.9 Å². The topological polar surface area (TPSA) is 74.8 Å². The highest BCUT2D eigenvalue weighted by molar-refractivity contribution is 7.99. The Labute approximate surface area is 160 Å². The monoisotopic (exact) mass is 387 g/mol. The number of carbonyl (C=O) groups is 1. The van der Waals surface area contributed by atoms with E-state index in [4.69, 9.17) is 0 Å². The lowest BCUT2D eigenvalue weighted by Gasteiger charge is -2.04. The van der Waals surface area contributed by atoms with Gasteiger partial charge in [0.1, 0.15) is 10.7 Å². The van der Waals surface area contributed by atoms with Crippen LogP contribution in [0.4, 0.5) is 0 Å². The van der Waals surface area contributed by atoms with Gasteiger partial charge in [-0.3, -0.25) is 9.59 Å². The number of fused-ring (bicyclic) bond motifs is 1. The lowest BCUT2D eigenvalue weighted by Crippen LogP contribution is -2.26. The summed E-state index contributed by atoms with van der Waals surface area (Å²) in [6, 6.07) is 11.9. The molecule has 0 aliphatic heterocycles. The van der Waals surface area contributed by atoms with Gasteiger partial charge in [-0.05, 0) is 18.1 Å². The second-order valence-corrected chi connectivity index (χ2v) is 7.92. The number of hydrogen-bond donors (Lipinski definition) is 2. The maximum Gasteiger partial charge on any atom is 0.259 e. The van der Waals surface area contributed by atoms with E-state index in [0.717, 1.165) is 28.1 Å². The molecule has 0 unspecified atom stereocenters. The van der Waals surface area contributed by atoms with E-state index in [1.807, 2.05) is 36.4 Å². The summed E-state index contributed by atoms with van der Waals surface area (Å²) in [5.74, 6) is 1.50. The van der Waals surface area contributed by atoms with Crippen LogP contribution in [-0.2, 0) is 10.5 Å². The number of nitrogens with one attached hydrogen (secondary N) is 2. The van der Waals surface area contributed by atoms with E-state index in [1.54, 1.807) is 0 Å². The zero-order valence-corrected chi connectivity index (χ0v) is 16.2. The number of unbranched alkanes of at least 4 members (excludes halogenated alkanes) is 1. The van der Waals surface area contributed by atoms with E-state index < -0.39 is 0 Å². The minimum atomic E-state index is -0.128. The molecule has 0 atom stereocenters. The quantitative estimate of drug-likeness (QED) is 0.577. The Morgan fingerprint density at radius 1 is 1.31 bits per heavy atom. The number of thiophene rings is 1. The Kier molecular flexibility index (Phi) is 6.46. The van der Waals surface area contributed by atoms with Crippen molar-refractivity contribution < 1.29 is 4.79 Å². The number of benzene rings is 1. The largest absolute Gasteiger partial charge is 0.355 e. The van der Waals surface area contributed by atoms with Crippen LogP contribution in [0.15, 0.2) is 41.2 Å². The number of aromatic amines is 1. The molecule has 0 saturated carbocycles. The number of carbonyl (C=O) groups excluding carboxylic acids is 1. The van der Waals surface area contributed by atoms with E-state index >= 15 is 0 Å². The van der Waals surface area contributed by atoms with Crippen molar-refractivity contribution in [2.45, 2.75) is 25.5 Å². The molecule has 136 valence electrons. The molecule has 0 bridgehead atoms. The lowest BCUT2D eigenvalue weighted by atomic mass is 10.2. The molecule has 0 spiro atoms. The summed E-state index contributed by atoms with van der Waals surface area (Å²) in [6.07, 6.45) is 2.05. The molecule has 0 radical (unpaired) electrons. The molecule has 1 amide bonds. The number of amides is 1. The highest BCUT2D eigenvalue weighted by Gasteiger charge is 2.11. The summed E-state index contributed by atoms with van der Waals surface area (Å²) >= 11 is 2.97. The van der Waals surface area contributed by atoms with Crippen molar-refractivity contribution in [1.82, 2.24) is 15.3 Å². The van der Waals surface area contributed by atoms with Crippen LogP contribution in [0.3, 0.4) is 0 Å². The molecule has 2 heterocycles. The maximum absolute atomic E-state index is 12.3. The molecular formula is C19H21N3O2S2. The number of thioether (sulfide) groups is 1. The summed E-state index contributed by atoms with van der Waals surface area (Å²) < 4.78 is 0. The van der Waals surface area contributed by atoms with E-state index in [-0.39, 0.29) is 11.5 Å². The number of rotatable bonds is 8. The zero-order chi connectivity index (χ0) is 18.4. The molecule has 3 rings (SSSR count). The predicted octanol–water partition coefficient (Wildman–Crippen LogP) is 3.80. The average Bonchev–Trinajstić information content (AvgIpc) is 3.07. The summed E-state index contributed by atoms with van der Waals surface area (Å²) in [7, 11) is 0. The summed E-state index contributed by atoms with van der Waals surface area (Å²) in [5, 5.41) is 3.49. The standard InChI is InChI=1S/C19H21N3O2S2/c1-2-3-9-20-17(23)12-25-11-16-21-18(24)14-10-15(26-19(14)22-16)13-7-5-4-6-8-13/h4-8,10H,2-3,9,11-12H2,1H3,(H,20,23)(H,21,22,24). The molecule has 0 aliphatic carbocycles. The van der Waals surface area contributed by atoms with Gasteiger partial charge in [0.25, 0.3) is 5.56 Å². The molecule has 1 aromatic carbocycles. The Morgan fingerprint density at radius 3 is 2.88 bits per heavy atom. The van der Waals surface area contributed by atoms with Crippen molar-refractivity contribution in [3.8, 4) is 10.4 Å². The molecule has 0 aliphatic rings. The van der Waals surface area contributed by atoms with Gasteiger partial charge >= 0.3 is 0 Å². The van der Waals surface area contributed by atoms with Crippen LogP contribution in [0.25, 0.3) is 20.7 Å². The van der Waals surface area contributed by atoms with Gasteiger partial charge in [0.2, 0.25) is 5.91 Å². The zero-order valence-electron chi connectivity index (χ0n) is 14.6. The minimum Gasteiger partial charge on any atom is -0.355 e. The number of H-pyrrole nitrogens is 1. The summed E-state index contributed by atoms with van der Waals surface area (Å²) in [4.78, 5) is 33.2. The van der Waals surface area contributed by atoms with Crippen molar-refractivity contribution in [3.63, 3.8) is 0 Å². The van der Waals surface area contributed by atoms with Gasteiger partial charge in [0.05, 0.1) is 16.9 Å². The Bertz CT molecular complexity index is 935. The number of aromatic nitrogens is 2. The van der Waals surface area contributed by atoms with Crippen LogP contribution in [0, 0.1) is 0 Å². The van der Waals surface area contributed by atoms with Crippen LogP contribution in [0.5, 0.6) is 0 Å². The van der Waals surface area contributed by atoms with Crippen molar-refractivity contribution in [2.24, 2.45) is 0 Å². The summed E-state index contributed by atoms with van der Waals surface area (Å²) in [6.45, 7) is 2.81. The van der Waals surface area contributed by atoms with E-state index in [1.165, 1.54) is 23.1 Å². The number of nitrogens with zero attached hydrogens (tertiary/aromatic N) is 1. The average molecular weight is 388 g/mol. The smallest absolute Gasteiger partial charge is 0.259 e. The van der Waals surface area contributed by atoms with Crippen molar-refractivity contribution in [1.29, 1.82) is 0 Å². The first-order chi connectivity index (χ1) is 12.7. The Balaban J connectivity index is 1.67. The van der Waals surface area contributed by atoms with E-state index in [0.29, 0.717) is 29.3 Å². The van der Waals surface area contributed by atoms with Gasteiger partial charge in [-0.2, -0.15) is 0 Å². The van der Waals surface area contributed by atoms with E-state index in [9.17, 15) is 9.59 Å². The van der Waals surface area contributed by atoms with Crippen molar-refractivity contribution >= 4 is 39.2 Å². The first-order valence-electron chi connectivity index (χ1n) is 8.60. The minimum absolute atomic E-state index is 0.0226. The lowest BCUT2D eigenvalue weighted by molar-refractivity contribution is -0.118. The molecule has 5 nitrogen and oxygen atoms in total. The Hall–Kier alpha value is -2.12. The molecule has 7 heteroatoms. The van der Waals surface area contributed by atoms with Gasteiger partial charge in [-0.25, -0.2) is 4.98 Å². The molecule has 26 heavy (non-hydrogen) atoms. The fraction of sp³-hybridized carbons (Fsp3) is 0.316. The highest BCUT2D eigenvalue weighted by atomic mass is 32.2. The van der Waals surface area contributed by atoms with Crippen LogP contribution >= 0.6 is 23.1 Å². The third kappa shape index (κ3) is 4.74. The third-order valence-corrected chi connectivity index (χ3v) is 5.86. The van der Waals surface area contributed by atoms with Gasteiger partial charge in [-0.1, -0.05) is 43.7 Å². The van der Waals surface area contributed by atoms with Crippen LogP contribution in [0.1, 0.15) is 25.6 Å². The SMILES string of the molecule is CCCCNC(=O)CSCc1nc2sc(-c3ccccc3)cc2c(=O)[nH]1. The van der Waals surface area contributed by atoms with Gasteiger partial charge < -0.3 is 10.3 Å². The van der Waals surface area contributed by atoms with Crippen LogP contribution in [0.2, 0.25) is 0 Å². The number of hydrogen-bond acceptors (Lipinski definition) is 5. The first kappa shape index (κ1) is 18.7. The Morgan fingerprint density at radius 2 is 2.12 bits per heavy atom. The molecular weight excluding hydrogens is 366 g/mol. The van der Waals surface area contributed by atoms with Crippen molar-refractivity contribution in [3.05, 3.63) is 52.6 Å². The molecule has 3 aromatic rings. The van der Waals surface area contributed by atoms with Gasteiger partial charge in [0.15, 0.2) is 0 Å². The second-order valence-electron chi connectivity index (χ2n) is 5.90. The predicted molar refractivity (Wildman–Crippen MR) is 110 cm³/mol.